The van der Waals surface area contributed by atoms with Crippen LogP contribution >= 0.6 is 23.2 Å². The number of rotatable bonds is 5. The van der Waals surface area contributed by atoms with Gasteiger partial charge < -0.3 is 20.3 Å². The highest BCUT2D eigenvalue weighted by Crippen LogP contribution is 2.31. The molecule has 0 saturated carbocycles. The summed E-state index contributed by atoms with van der Waals surface area (Å²) in [5, 5.41) is 6.70. The normalized spacial score (nSPS) is 13.7. The van der Waals surface area contributed by atoms with Crippen molar-refractivity contribution in [2.75, 3.05) is 36.4 Å². The van der Waals surface area contributed by atoms with Gasteiger partial charge in [-0.3, -0.25) is 4.79 Å². The highest BCUT2D eigenvalue weighted by Gasteiger charge is 2.18. The largest absolute Gasteiger partial charge is 0.438 e. The Morgan fingerprint density at radius 2 is 1.77 bits per heavy atom. The molecule has 30 heavy (non-hydrogen) atoms. The number of ether oxygens (including phenoxy) is 1. The van der Waals surface area contributed by atoms with Gasteiger partial charge in [-0.1, -0.05) is 29.3 Å². The number of carbonyl (C=O) groups is 1. The Labute approximate surface area is 184 Å². The van der Waals surface area contributed by atoms with Crippen LogP contribution in [-0.4, -0.2) is 42.1 Å². The Hall–Kier alpha value is -2.87. The van der Waals surface area contributed by atoms with Crippen molar-refractivity contribution in [2.45, 2.75) is 0 Å². The van der Waals surface area contributed by atoms with E-state index in [1.165, 1.54) is 12.5 Å². The summed E-state index contributed by atoms with van der Waals surface area (Å²) in [6.07, 6.45) is 2.71. The van der Waals surface area contributed by atoms with Gasteiger partial charge in [0, 0.05) is 38.1 Å². The molecule has 154 valence electrons. The van der Waals surface area contributed by atoms with Crippen molar-refractivity contribution in [1.29, 1.82) is 0 Å². The number of aromatic nitrogens is 2. The second kappa shape index (κ2) is 9.30. The maximum atomic E-state index is 12.8. The molecular weight excluding hydrogens is 425 g/mol. The minimum Gasteiger partial charge on any atom is -0.438 e. The number of hydrogen-bond acceptors (Lipinski definition) is 6. The van der Waals surface area contributed by atoms with Crippen LogP contribution in [0.3, 0.4) is 0 Å². The van der Waals surface area contributed by atoms with E-state index < -0.39 is 5.91 Å². The van der Waals surface area contributed by atoms with Crippen molar-refractivity contribution in [2.24, 2.45) is 0 Å². The number of benzene rings is 2. The van der Waals surface area contributed by atoms with E-state index in [1.54, 1.807) is 18.2 Å². The monoisotopic (exact) mass is 443 g/mol. The molecule has 2 N–H and O–H groups in total. The van der Waals surface area contributed by atoms with Gasteiger partial charge in [-0.25, -0.2) is 9.97 Å². The molecule has 3 aromatic rings. The van der Waals surface area contributed by atoms with E-state index in [0.29, 0.717) is 21.5 Å². The molecule has 0 aliphatic carbocycles. The molecule has 4 rings (SSSR count). The number of anilines is 2. The van der Waals surface area contributed by atoms with E-state index in [9.17, 15) is 4.79 Å². The molecule has 0 radical (unpaired) electrons. The van der Waals surface area contributed by atoms with E-state index in [0.717, 1.165) is 31.9 Å². The maximum absolute atomic E-state index is 12.8. The summed E-state index contributed by atoms with van der Waals surface area (Å²) in [4.78, 5) is 23.1. The summed E-state index contributed by atoms with van der Waals surface area (Å²) < 4.78 is 5.86. The van der Waals surface area contributed by atoms with Crippen LogP contribution in [0.4, 0.5) is 11.4 Å². The SMILES string of the molecule is O=C(Nc1c(Cl)cccc1Cl)c1cncnc1Oc1ccc(N2CCNCC2)cc1. The number of nitrogens with one attached hydrogen (secondary N) is 2. The van der Waals surface area contributed by atoms with Crippen molar-refractivity contribution in [3.05, 3.63) is 70.6 Å². The minimum atomic E-state index is -0.474. The Morgan fingerprint density at radius 1 is 1.07 bits per heavy atom. The van der Waals surface area contributed by atoms with Gasteiger partial charge in [-0.15, -0.1) is 0 Å². The number of nitrogens with zero attached hydrogens (tertiary/aromatic N) is 3. The lowest BCUT2D eigenvalue weighted by Crippen LogP contribution is -2.43. The molecule has 1 amide bonds. The molecule has 1 aromatic heterocycles. The molecule has 1 fully saturated rings. The molecular formula is C21H19Cl2N5O2. The summed E-state index contributed by atoms with van der Waals surface area (Å²) in [6.45, 7) is 3.85. The number of piperazine rings is 1. The van der Waals surface area contributed by atoms with Gasteiger partial charge in [0.2, 0.25) is 5.88 Å². The highest BCUT2D eigenvalue weighted by molar-refractivity contribution is 6.40. The van der Waals surface area contributed by atoms with Crippen molar-refractivity contribution in [3.8, 4) is 11.6 Å². The first-order chi connectivity index (χ1) is 14.6. The van der Waals surface area contributed by atoms with Crippen molar-refractivity contribution < 1.29 is 9.53 Å². The van der Waals surface area contributed by atoms with Gasteiger partial charge >= 0.3 is 0 Å². The third-order valence-electron chi connectivity index (χ3n) is 4.66. The standard InChI is InChI=1S/C21H19Cl2N5O2/c22-17-2-1-3-18(23)19(17)27-20(29)16-12-25-13-26-21(16)30-15-6-4-14(5-7-15)28-10-8-24-9-11-28/h1-7,12-13,24H,8-11H2,(H,27,29). The molecule has 2 aromatic carbocycles. The average molecular weight is 444 g/mol. The lowest BCUT2D eigenvalue weighted by Gasteiger charge is -2.29. The van der Waals surface area contributed by atoms with Crippen LogP contribution in [0.15, 0.2) is 55.0 Å². The van der Waals surface area contributed by atoms with Crippen molar-refractivity contribution in [1.82, 2.24) is 15.3 Å². The summed E-state index contributed by atoms with van der Waals surface area (Å²) in [5.74, 6) is 0.232. The van der Waals surface area contributed by atoms with Gasteiger partial charge in [0.1, 0.15) is 17.6 Å². The van der Waals surface area contributed by atoms with Crippen LogP contribution < -0.4 is 20.3 Å². The minimum absolute atomic E-state index is 0.139. The molecule has 0 unspecified atom stereocenters. The number of carbonyl (C=O) groups excluding carboxylic acids is 1. The zero-order valence-corrected chi connectivity index (χ0v) is 17.5. The van der Waals surface area contributed by atoms with E-state index >= 15 is 0 Å². The summed E-state index contributed by atoms with van der Waals surface area (Å²) in [7, 11) is 0. The summed E-state index contributed by atoms with van der Waals surface area (Å²) >= 11 is 12.3. The van der Waals surface area contributed by atoms with Gasteiger partial charge in [-0.05, 0) is 36.4 Å². The first-order valence-electron chi connectivity index (χ1n) is 9.41. The van der Waals surface area contributed by atoms with Gasteiger partial charge in [0.05, 0.1) is 15.7 Å². The molecule has 1 aliphatic heterocycles. The summed E-state index contributed by atoms with van der Waals surface area (Å²) in [6, 6.07) is 12.7. The first-order valence-corrected chi connectivity index (χ1v) is 10.2. The first kappa shape index (κ1) is 20.4. The topological polar surface area (TPSA) is 79.4 Å². The van der Waals surface area contributed by atoms with Gasteiger partial charge in [-0.2, -0.15) is 0 Å². The van der Waals surface area contributed by atoms with E-state index in [-0.39, 0.29) is 11.4 Å². The van der Waals surface area contributed by atoms with Gasteiger partial charge in [0.15, 0.2) is 0 Å². The predicted octanol–water partition coefficient (Wildman–Crippen LogP) is 4.24. The van der Waals surface area contributed by atoms with Crippen LogP contribution in [0.25, 0.3) is 0 Å². The molecule has 0 spiro atoms. The fraction of sp³-hybridized carbons (Fsp3) is 0.190. The Kier molecular flexibility index (Phi) is 6.32. The molecule has 0 bridgehead atoms. The summed E-state index contributed by atoms with van der Waals surface area (Å²) in [5.41, 5.74) is 1.61. The van der Waals surface area contributed by atoms with Crippen LogP contribution in [0.1, 0.15) is 10.4 Å². The predicted molar refractivity (Wildman–Crippen MR) is 118 cm³/mol. The Bertz CT molecular complexity index is 1020. The maximum Gasteiger partial charge on any atom is 0.262 e. The number of halogens is 2. The van der Waals surface area contributed by atoms with E-state index in [2.05, 4.69) is 25.5 Å². The second-order valence-corrected chi connectivity index (χ2v) is 7.44. The third-order valence-corrected chi connectivity index (χ3v) is 5.28. The third kappa shape index (κ3) is 4.64. The number of hydrogen-bond donors (Lipinski definition) is 2. The zero-order valence-electron chi connectivity index (χ0n) is 15.9. The van der Waals surface area contributed by atoms with E-state index in [1.807, 2.05) is 24.3 Å². The Balaban J connectivity index is 1.51. The molecule has 7 nitrogen and oxygen atoms in total. The van der Waals surface area contributed by atoms with Gasteiger partial charge in [0.25, 0.3) is 5.91 Å². The smallest absolute Gasteiger partial charge is 0.262 e. The molecule has 2 heterocycles. The molecule has 1 aliphatic rings. The quantitative estimate of drug-likeness (QED) is 0.613. The zero-order chi connectivity index (χ0) is 20.9. The number of para-hydroxylation sites is 1. The lowest BCUT2D eigenvalue weighted by molar-refractivity contribution is 0.102. The average Bonchev–Trinajstić information content (AvgIpc) is 2.78. The van der Waals surface area contributed by atoms with E-state index in [4.69, 9.17) is 27.9 Å². The van der Waals surface area contributed by atoms with Crippen LogP contribution in [0.2, 0.25) is 10.0 Å². The fourth-order valence-electron chi connectivity index (χ4n) is 3.11. The lowest BCUT2D eigenvalue weighted by atomic mass is 10.2. The Morgan fingerprint density at radius 3 is 2.47 bits per heavy atom. The second-order valence-electron chi connectivity index (χ2n) is 6.63. The fourth-order valence-corrected chi connectivity index (χ4v) is 3.61. The highest BCUT2D eigenvalue weighted by atomic mass is 35.5. The van der Waals surface area contributed by atoms with Crippen LogP contribution in [-0.2, 0) is 0 Å². The van der Waals surface area contributed by atoms with Crippen molar-refractivity contribution >= 4 is 40.5 Å². The van der Waals surface area contributed by atoms with Crippen molar-refractivity contribution in [3.63, 3.8) is 0 Å². The number of amides is 1. The molecule has 9 heteroatoms. The molecule has 0 atom stereocenters. The molecule has 1 saturated heterocycles. The van der Waals surface area contributed by atoms with Crippen LogP contribution in [0.5, 0.6) is 11.6 Å². The van der Waals surface area contributed by atoms with Crippen LogP contribution in [0, 0.1) is 0 Å².